The minimum absolute atomic E-state index is 0.632. The Bertz CT molecular complexity index is 713. The number of hydrogen-bond acceptors (Lipinski definition) is 4. The monoisotopic (exact) mass is 400 g/mol. The molecule has 0 radical (unpaired) electrons. The van der Waals surface area contributed by atoms with E-state index in [4.69, 9.17) is 21.2 Å². The van der Waals surface area contributed by atoms with Crippen LogP contribution in [0.3, 0.4) is 0 Å². The fourth-order valence-electron chi connectivity index (χ4n) is 3.29. The highest BCUT2D eigenvalue weighted by Crippen LogP contribution is 2.14. The average molecular weight is 401 g/mol. The van der Waals surface area contributed by atoms with Crippen LogP contribution in [0.25, 0.3) is 0 Å². The number of nitrogens with zero attached hydrogens (tertiary/aromatic N) is 2. The highest BCUT2D eigenvalue weighted by molar-refractivity contribution is 6.30. The van der Waals surface area contributed by atoms with Crippen molar-refractivity contribution in [3.63, 3.8) is 0 Å². The quantitative estimate of drug-likeness (QED) is 0.326. The Kier molecular flexibility index (Phi) is 8.82. The van der Waals surface area contributed by atoms with Gasteiger partial charge in [0.25, 0.3) is 0 Å². The van der Waals surface area contributed by atoms with Crippen LogP contribution in [0.1, 0.15) is 30.4 Å². The number of halogens is 1. The van der Waals surface area contributed by atoms with Gasteiger partial charge in [0.15, 0.2) is 0 Å². The van der Waals surface area contributed by atoms with E-state index >= 15 is 0 Å². The summed E-state index contributed by atoms with van der Waals surface area (Å²) in [5.41, 5.74) is 3.41. The van der Waals surface area contributed by atoms with E-state index in [9.17, 15) is 0 Å². The fraction of sp³-hybridized carbons (Fsp3) is 0.435. The number of hydrogen-bond donors (Lipinski definition) is 0. The molecular formula is C23H29ClN2O2. The minimum Gasteiger partial charge on any atom is -0.396 e. The van der Waals surface area contributed by atoms with E-state index < -0.39 is 0 Å². The summed E-state index contributed by atoms with van der Waals surface area (Å²) in [6.07, 6.45) is 3.91. The van der Waals surface area contributed by atoms with Crippen LogP contribution in [0.5, 0.6) is 0 Å². The maximum Gasteiger partial charge on any atom is 0.118 e. The standard InChI is InChI=1S/C23H29ClN2O2/c24-22-12-10-21(11-13-22)23(9-4-8-20-6-2-1-3-7-20)25-28-17-5-14-26-15-18-27-19-16-26/h1-3,6-7,10-13H,4-5,8-9,14-19H2/b25-23+. The maximum absolute atomic E-state index is 6.04. The van der Waals surface area contributed by atoms with E-state index in [1.165, 1.54) is 5.56 Å². The summed E-state index contributed by atoms with van der Waals surface area (Å²) in [5.74, 6) is 0. The molecule has 0 spiro atoms. The molecule has 3 rings (SSSR count). The van der Waals surface area contributed by atoms with Crippen LogP contribution in [-0.4, -0.2) is 50.1 Å². The van der Waals surface area contributed by atoms with E-state index in [1.807, 2.05) is 24.3 Å². The van der Waals surface area contributed by atoms with Crippen molar-refractivity contribution >= 4 is 17.3 Å². The molecule has 0 saturated carbocycles. The summed E-state index contributed by atoms with van der Waals surface area (Å²) in [4.78, 5) is 8.08. The molecule has 0 atom stereocenters. The summed E-state index contributed by atoms with van der Waals surface area (Å²) in [6, 6.07) is 18.4. The first-order valence-electron chi connectivity index (χ1n) is 10.1. The summed E-state index contributed by atoms with van der Waals surface area (Å²) < 4.78 is 5.38. The lowest BCUT2D eigenvalue weighted by molar-refractivity contribution is 0.0322. The van der Waals surface area contributed by atoms with Gasteiger partial charge in [0.05, 0.1) is 18.9 Å². The third-order valence-electron chi connectivity index (χ3n) is 4.89. The zero-order valence-corrected chi connectivity index (χ0v) is 17.1. The minimum atomic E-state index is 0.632. The molecular weight excluding hydrogens is 372 g/mol. The highest BCUT2D eigenvalue weighted by atomic mass is 35.5. The van der Waals surface area contributed by atoms with Crippen LogP contribution in [0.2, 0.25) is 5.02 Å². The van der Waals surface area contributed by atoms with Crippen molar-refractivity contribution in [3.05, 3.63) is 70.7 Å². The number of aryl methyl sites for hydroxylation is 1. The lowest BCUT2D eigenvalue weighted by atomic mass is 10.0. The molecule has 2 aromatic rings. The van der Waals surface area contributed by atoms with Crippen LogP contribution < -0.4 is 0 Å². The van der Waals surface area contributed by atoms with Gasteiger partial charge in [-0.2, -0.15) is 0 Å². The van der Waals surface area contributed by atoms with Gasteiger partial charge in [-0.05, 0) is 48.9 Å². The van der Waals surface area contributed by atoms with Crippen molar-refractivity contribution in [1.82, 2.24) is 4.90 Å². The Morgan fingerprint density at radius 1 is 1.00 bits per heavy atom. The fourth-order valence-corrected chi connectivity index (χ4v) is 3.42. The van der Waals surface area contributed by atoms with E-state index in [1.54, 1.807) is 0 Å². The van der Waals surface area contributed by atoms with E-state index in [0.717, 1.165) is 74.8 Å². The van der Waals surface area contributed by atoms with Crippen molar-refractivity contribution in [3.8, 4) is 0 Å². The molecule has 0 unspecified atom stereocenters. The van der Waals surface area contributed by atoms with Gasteiger partial charge in [-0.25, -0.2) is 0 Å². The van der Waals surface area contributed by atoms with Crippen molar-refractivity contribution < 1.29 is 9.57 Å². The molecule has 0 aliphatic carbocycles. The van der Waals surface area contributed by atoms with Gasteiger partial charge in [0.1, 0.15) is 6.61 Å². The van der Waals surface area contributed by atoms with Gasteiger partial charge in [-0.3, -0.25) is 4.90 Å². The van der Waals surface area contributed by atoms with Crippen LogP contribution in [0.15, 0.2) is 59.8 Å². The third kappa shape index (κ3) is 7.27. The van der Waals surface area contributed by atoms with Gasteiger partial charge in [0, 0.05) is 24.7 Å². The number of benzene rings is 2. The van der Waals surface area contributed by atoms with Crippen molar-refractivity contribution in [1.29, 1.82) is 0 Å². The molecule has 150 valence electrons. The number of morpholine rings is 1. The highest BCUT2D eigenvalue weighted by Gasteiger charge is 2.10. The van der Waals surface area contributed by atoms with Gasteiger partial charge in [-0.15, -0.1) is 0 Å². The second kappa shape index (κ2) is 11.8. The molecule has 0 amide bonds. The second-order valence-electron chi connectivity index (χ2n) is 7.02. The molecule has 1 aliphatic rings. The average Bonchev–Trinajstić information content (AvgIpc) is 2.74. The zero-order valence-electron chi connectivity index (χ0n) is 16.4. The number of oxime groups is 1. The van der Waals surface area contributed by atoms with Crippen LogP contribution >= 0.6 is 11.6 Å². The molecule has 0 N–H and O–H groups in total. The molecule has 4 nitrogen and oxygen atoms in total. The van der Waals surface area contributed by atoms with Crippen LogP contribution in [0, 0.1) is 0 Å². The first-order chi connectivity index (χ1) is 13.8. The summed E-state index contributed by atoms with van der Waals surface area (Å²) in [7, 11) is 0. The molecule has 1 fully saturated rings. The van der Waals surface area contributed by atoms with Gasteiger partial charge in [0.2, 0.25) is 0 Å². The predicted molar refractivity (Wildman–Crippen MR) is 115 cm³/mol. The Balaban J connectivity index is 1.49. The summed E-state index contributed by atoms with van der Waals surface area (Å²) in [6.45, 7) is 5.36. The zero-order chi connectivity index (χ0) is 19.4. The Labute approximate surface area is 173 Å². The van der Waals surface area contributed by atoms with E-state index in [0.29, 0.717) is 6.61 Å². The molecule has 28 heavy (non-hydrogen) atoms. The summed E-state index contributed by atoms with van der Waals surface area (Å²) >= 11 is 6.04. The smallest absolute Gasteiger partial charge is 0.118 e. The first kappa shape index (κ1) is 20.8. The van der Waals surface area contributed by atoms with E-state index in [-0.39, 0.29) is 0 Å². The lowest BCUT2D eigenvalue weighted by Crippen LogP contribution is -2.37. The number of rotatable bonds is 10. The van der Waals surface area contributed by atoms with Crippen molar-refractivity contribution in [2.24, 2.45) is 5.16 Å². The third-order valence-corrected chi connectivity index (χ3v) is 5.14. The maximum atomic E-state index is 6.04. The Morgan fingerprint density at radius 2 is 1.75 bits per heavy atom. The topological polar surface area (TPSA) is 34.1 Å². The predicted octanol–water partition coefficient (Wildman–Crippen LogP) is 4.81. The van der Waals surface area contributed by atoms with Crippen LogP contribution in [0.4, 0.5) is 0 Å². The van der Waals surface area contributed by atoms with Crippen molar-refractivity contribution in [2.45, 2.75) is 25.7 Å². The molecule has 1 aliphatic heterocycles. The molecule has 2 aromatic carbocycles. The Morgan fingerprint density at radius 3 is 2.50 bits per heavy atom. The Hall–Kier alpha value is -1.88. The van der Waals surface area contributed by atoms with Gasteiger partial charge in [-0.1, -0.05) is 59.2 Å². The summed E-state index contributed by atoms with van der Waals surface area (Å²) in [5, 5.41) is 5.20. The molecule has 0 aromatic heterocycles. The van der Waals surface area contributed by atoms with Crippen molar-refractivity contribution in [2.75, 3.05) is 39.5 Å². The van der Waals surface area contributed by atoms with E-state index in [2.05, 4.69) is 40.4 Å². The molecule has 0 bridgehead atoms. The molecule has 1 saturated heterocycles. The normalized spacial score (nSPS) is 15.5. The molecule has 5 heteroatoms. The SMILES string of the molecule is Clc1ccc(/C(CCCc2ccccc2)=N/OCCCN2CCOCC2)cc1. The largest absolute Gasteiger partial charge is 0.396 e. The van der Waals surface area contributed by atoms with Crippen LogP contribution in [-0.2, 0) is 16.0 Å². The van der Waals surface area contributed by atoms with Gasteiger partial charge >= 0.3 is 0 Å². The lowest BCUT2D eigenvalue weighted by Gasteiger charge is -2.26. The number of ether oxygens (including phenoxy) is 1. The first-order valence-corrected chi connectivity index (χ1v) is 10.5. The second-order valence-corrected chi connectivity index (χ2v) is 7.46. The molecule has 1 heterocycles. The van der Waals surface area contributed by atoms with Gasteiger partial charge < -0.3 is 9.57 Å².